The number of rotatable bonds is 7. The summed E-state index contributed by atoms with van der Waals surface area (Å²) in [6, 6.07) is 22.4. The molecule has 0 radical (unpaired) electrons. The van der Waals surface area contributed by atoms with E-state index in [0.717, 1.165) is 38.5 Å². The molecule has 2 N–H and O–H groups in total. The maximum atomic E-state index is 13.4. The Morgan fingerprint density at radius 3 is 2.61 bits per heavy atom. The Labute approximate surface area is 235 Å². The fourth-order valence-corrected chi connectivity index (χ4v) is 5.52. The molecule has 2 aromatic heterocycles. The molecule has 9 heteroatoms. The second-order valence-electron chi connectivity index (χ2n) is 8.31. The molecule has 3 aromatic carbocycles. The van der Waals surface area contributed by atoms with E-state index in [4.69, 9.17) is 9.15 Å². The number of furan rings is 1. The number of aromatic nitrogens is 1. The Hall–Kier alpha value is -3.95. The molecular formula is C29H21Br2N3O4. The number of nitrogens with zero attached hydrogens (tertiary/aromatic N) is 1. The van der Waals surface area contributed by atoms with Crippen LogP contribution >= 0.6 is 31.9 Å². The van der Waals surface area contributed by atoms with E-state index in [1.807, 2.05) is 48.5 Å². The molecular weight excluding hydrogens is 614 g/mol. The number of esters is 1. The van der Waals surface area contributed by atoms with Gasteiger partial charge >= 0.3 is 5.97 Å². The molecule has 7 nitrogen and oxygen atoms in total. The third-order valence-electron chi connectivity index (χ3n) is 5.91. The van der Waals surface area contributed by atoms with Crippen LogP contribution in [0.5, 0.6) is 5.75 Å². The van der Waals surface area contributed by atoms with Crippen molar-refractivity contribution in [2.75, 3.05) is 0 Å². The summed E-state index contributed by atoms with van der Waals surface area (Å²) in [5, 5.41) is 5.14. The molecule has 0 aliphatic heterocycles. The number of nitrogens with one attached hydrogen (secondary N) is 2. The van der Waals surface area contributed by atoms with E-state index < -0.39 is 11.9 Å². The number of carbonyl (C=O) groups is 2. The van der Waals surface area contributed by atoms with Gasteiger partial charge in [-0.15, -0.1) is 0 Å². The van der Waals surface area contributed by atoms with E-state index in [1.54, 1.807) is 18.2 Å². The molecule has 0 atom stereocenters. The summed E-state index contributed by atoms with van der Waals surface area (Å²) in [7, 11) is 0. The number of aromatic amines is 1. The monoisotopic (exact) mass is 633 g/mol. The van der Waals surface area contributed by atoms with Crippen LogP contribution in [-0.2, 0) is 6.42 Å². The normalized spacial score (nSPS) is 11.2. The fraction of sp³-hybridized carbons (Fsp3) is 0.0690. The summed E-state index contributed by atoms with van der Waals surface area (Å²) < 4.78 is 11.9. The Morgan fingerprint density at radius 1 is 1.05 bits per heavy atom. The lowest BCUT2D eigenvalue weighted by Gasteiger charge is -2.09. The Kier molecular flexibility index (Phi) is 7.57. The maximum absolute atomic E-state index is 13.4. The van der Waals surface area contributed by atoms with Crippen LogP contribution in [0.2, 0.25) is 0 Å². The minimum absolute atomic E-state index is 0.0645. The summed E-state index contributed by atoms with van der Waals surface area (Å²) in [6.45, 7) is 2.08. The molecule has 0 spiro atoms. The molecule has 0 aliphatic rings. The molecule has 0 saturated heterocycles. The van der Waals surface area contributed by atoms with Gasteiger partial charge < -0.3 is 14.1 Å². The van der Waals surface area contributed by atoms with Crippen molar-refractivity contribution >= 4 is 60.9 Å². The first kappa shape index (κ1) is 25.7. The van der Waals surface area contributed by atoms with Gasteiger partial charge in [0.15, 0.2) is 5.75 Å². The Morgan fingerprint density at radius 2 is 1.87 bits per heavy atom. The highest BCUT2D eigenvalue weighted by Crippen LogP contribution is 2.35. The van der Waals surface area contributed by atoms with E-state index in [2.05, 4.69) is 54.3 Å². The zero-order valence-electron chi connectivity index (χ0n) is 20.1. The summed E-state index contributed by atoms with van der Waals surface area (Å²) in [5.74, 6) is -0.763. The van der Waals surface area contributed by atoms with Gasteiger partial charge in [0.2, 0.25) is 5.76 Å². The number of benzene rings is 3. The fourth-order valence-electron chi connectivity index (χ4n) is 4.19. The van der Waals surface area contributed by atoms with Gasteiger partial charge in [0.25, 0.3) is 5.91 Å². The van der Waals surface area contributed by atoms with Crippen molar-refractivity contribution in [3.05, 3.63) is 111 Å². The number of H-pyrrole nitrogens is 1. The van der Waals surface area contributed by atoms with Gasteiger partial charge in [0, 0.05) is 26.5 Å². The SMILES string of the molecule is CCc1cccc2c(-c3ccccc3)c(C(=O)NN=Cc3cc(Br)cc(Br)c3OC(=O)c3ccco3)[nH]c12. The largest absolute Gasteiger partial charge is 0.457 e. The van der Waals surface area contributed by atoms with Crippen LogP contribution in [0.25, 0.3) is 22.0 Å². The molecule has 5 rings (SSSR count). The average Bonchev–Trinajstić information content (AvgIpc) is 3.59. The van der Waals surface area contributed by atoms with E-state index in [0.29, 0.717) is 15.7 Å². The van der Waals surface area contributed by atoms with Crippen molar-refractivity contribution in [2.24, 2.45) is 5.10 Å². The van der Waals surface area contributed by atoms with Crippen molar-refractivity contribution in [3.8, 4) is 16.9 Å². The smallest absolute Gasteiger partial charge is 0.379 e. The van der Waals surface area contributed by atoms with Gasteiger partial charge in [-0.2, -0.15) is 5.10 Å². The summed E-state index contributed by atoms with van der Waals surface area (Å²) in [6.07, 6.45) is 3.63. The number of halogens is 2. The number of fused-ring (bicyclic) bond motifs is 1. The number of ether oxygens (including phenoxy) is 1. The Balaban J connectivity index is 1.46. The topological polar surface area (TPSA) is 96.7 Å². The summed E-state index contributed by atoms with van der Waals surface area (Å²) in [5.41, 5.74) is 7.24. The van der Waals surface area contributed by atoms with Crippen LogP contribution in [0.3, 0.4) is 0 Å². The van der Waals surface area contributed by atoms with Crippen molar-refractivity contribution in [3.63, 3.8) is 0 Å². The summed E-state index contributed by atoms with van der Waals surface area (Å²) in [4.78, 5) is 29.2. The van der Waals surface area contributed by atoms with E-state index in [1.165, 1.54) is 18.5 Å². The van der Waals surface area contributed by atoms with Crippen LogP contribution in [0.15, 0.2) is 97.5 Å². The summed E-state index contributed by atoms with van der Waals surface area (Å²) >= 11 is 6.86. The first-order valence-electron chi connectivity index (χ1n) is 11.7. The van der Waals surface area contributed by atoms with Crippen LogP contribution in [0.4, 0.5) is 0 Å². The van der Waals surface area contributed by atoms with Crippen LogP contribution in [0, 0.1) is 0 Å². The van der Waals surface area contributed by atoms with Gasteiger partial charge in [-0.05, 0) is 57.7 Å². The molecule has 38 heavy (non-hydrogen) atoms. The minimum atomic E-state index is -0.658. The first-order chi connectivity index (χ1) is 18.5. The minimum Gasteiger partial charge on any atom is -0.457 e. The number of amides is 1. The second kappa shape index (κ2) is 11.2. The highest BCUT2D eigenvalue weighted by atomic mass is 79.9. The zero-order valence-corrected chi connectivity index (χ0v) is 23.3. The molecule has 1 amide bonds. The number of carbonyl (C=O) groups excluding carboxylic acids is 2. The third-order valence-corrected chi connectivity index (χ3v) is 6.96. The predicted molar refractivity (Wildman–Crippen MR) is 154 cm³/mol. The molecule has 0 unspecified atom stereocenters. The number of hydrazone groups is 1. The zero-order chi connectivity index (χ0) is 26.6. The second-order valence-corrected chi connectivity index (χ2v) is 10.1. The number of aryl methyl sites for hydroxylation is 1. The van der Waals surface area contributed by atoms with Crippen molar-refractivity contribution in [2.45, 2.75) is 13.3 Å². The molecule has 2 heterocycles. The van der Waals surface area contributed by atoms with Gasteiger partial charge in [-0.25, -0.2) is 10.2 Å². The molecule has 0 saturated carbocycles. The number of hydrogen-bond acceptors (Lipinski definition) is 5. The lowest BCUT2D eigenvalue weighted by Crippen LogP contribution is -2.19. The first-order valence-corrected chi connectivity index (χ1v) is 13.3. The van der Waals surface area contributed by atoms with Crippen molar-refractivity contribution in [1.29, 1.82) is 0 Å². The molecule has 0 fully saturated rings. The molecule has 0 bridgehead atoms. The van der Waals surface area contributed by atoms with E-state index in [-0.39, 0.29) is 11.5 Å². The molecule has 0 aliphatic carbocycles. The highest BCUT2D eigenvalue weighted by Gasteiger charge is 2.21. The predicted octanol–water partition coefficient (Wildman–Crippen LogP) is 7.50. The van der Waals surface area contributed by atoms with Gasteiger partial charge in [0.1, 0.15) is 5.69 Å². The maximum Gasteiger partial charge on any atom is 0.379 e. The lowest BCUT2D eigenvalue weighted by atomic mass is 10.00. The third kappa shape index (κ3) is 5.20. The lowest BCUT2D eigenvalue weighted by molar-refractivity contribution is 0.0699. The van der Waals surface area contributed by atoms with Gasteiger partial charge in [-0.1, -0.05) is 71.4 Å². The number of hydrogen-bond donors (Lipinski definition) is 2. The van der Waals surface area contributed by atoms with Gasteiger partial charge in [0.05, 0.1) is 17.0 Å². The van der Waals surface area contributed by atoms with Crippen molar-refractivity contribution in [1.82, 2.24) is 10.4 Å². The van der Waals surface area contributed by atoms with Gasteiger partial charge in [-0.3, -0.25) is 4.79 Å². The van der Waals surface area contributed by atoms with Crippen molar-refractivity contribution < 1.29 is 18.7 Å². The average molecular weight is 635 g/mol. The molecule has 190 valence electrons. The van der Waals surface area contributed by atoms with E-state index in [9.17, 15) is 9.59 Å². The number of para-hydroxylation sites is 1. The quantitative estimate of drug-likeness (QED) is 0.0838. The Bertz CT molecular complexity index is 1660. The van der Waals surface area contributed by atoms with Crippen LogP contribution in [0.1, 0.15) is 39.1 Å². The molecule has 5 aromatic rings. The van der Waals surface area contributed by atoms with Crippen LogP contribution in [-0.4, -0.2) is 23.1 Å². The standard InChI is InChI=1S/C29H21Br2N3O4/c1-2-17-10-6-11-21-24(18-8-4-3-5-9-18)26(33-25(17)21)28(35)34-32-16-19-14-20(30)15-22(31)27(19)38-29(36)23-12-7-13-37-23/h3-16,33H,2H2,1H3,(H,34,35). The van der Waals surface area contributed by atoms with Crippen LogP contribution < -0.4 is 10.2 Å². The highest BCUT2D eigenvalue weighted by molar-refractivity contribution is 9.11. The van der Waals surface area contributed by atoms with E-state index >= 15 is 0 Å².